The molecule has 0 aliphatic heterocycles. The van der Waals surface area contributed by atoms with Crippen molar-refractivity contribution in [2.24, 2.45) is 0 Å². The second kappa shape index (κ2) is 10.8. The first-order chi connectivity index (χ1) is 15.3. The molecule has 0 fully saturated rings. The fraction of sp³-hybridized carbons (Fsp3) is 0.273. The van der Waals surface area contributed by atoms with Crippen molar-refractivity contribution in [1.82, 2.24) is 14.8 Å². The molecule has 0 saturated heterocycles. The minimum Gasteiger partial charge on any atom is -0.376 e. The summed E-state index contributed by atoms with van der Waals surface area (Å²) in [6, 6.07) is 12.0. The average molecular weight is 492 g/mol. The van der Waals surface area contributed by atoms with Crippen LogP contribution in [0.25, 0.3) is 0 Å². The highest BCUT2D eigenvalue weighted by Crippen LogP contribution is 2.27. The minimum absolute atomic E-state index is 0.0198. The molecule has 0 aliphatic rings. The van der Waals surface area contributed by atoms with Crippen LogP contribution in [0.1, 0.15) is 37.0 Å². The van der Waals surface area contributed by atoms with Crippen LogP contribution in [0.15, 0.2) is 47.6 Å². The van der Waals surface area contributed by atoms with Crippen molar-refractivity contribution >= 4 is 58.0 Å². The predicted molar refractivity (Wildman–Crippen MR) is 130 cm³/mol. The zero-order chi connectivity index (χ0) is 23.3. The molecule has 3 rings (SSSR count). The summed E-state index contributed by atoms with van der Waals surface area (Å²) < 4.78 is 1.95. The Bertz CT molecular complexity index is 1120. The van der Waals surface area contributed by atoms with Gasteiger partial charge in [-0.05, 0) is 63.2 Å². The molecule has 1 amide bonds. The SMILES string of the molecule is CCn1c(CNc2cc(Cl)ccc2Cl)nnc1S[C@H](C)C(=O)Nc1ccc(C(C)=O)cc1. The summed E-state index contributed by atoms with van der Waals surface area (Å²) in [6.45, 7) is 6.36. The molecule has 7 nitrogen and oxygen atoms in total. The molecule has 0 spiro atoms. The molecule has 3 aromatic rings. The van der Waals surface area contributed by atoms with Gasteiger partial charge >= 0.3 is 0 Å². The van der Waals surface area contributed by atoms with Crippen molar-refractivity contribution in [3.63, 3.8) is 0 Å². The highest BCUT2D eigenvalue weighted by Gasteiger charge is 2.20. The smallest absolute Gasteiger partial charge is 0.237 e. The maximum atomic E-state index is 12.6. The van der Waals surface area contributed by atoms with Crippen molar-refractivity contribution in [2.75, 3.05) is 10.6 Å². The highest BCUT2D eigenvalue weighted by atomic mass is 35.5. The van der Waals surface area contributed by atoms with Crippen LogP contribution in [-0.4, -0.2) is 31.7 Å². The number of hydrogen-bond donors (Lipinski definition) is 2. The number of nitrogens with zero attached hydrogens (tertiary/aromatic N) is 3. The monoisotopic (exact) mass is 491 g/mol. The first-order valence-electron chi connectivity index (χ1n) is 9.98. The van der Waals surface area contributed by atoms with Gasteiger partial charge in [-0.1, -0.05) is 35.0 Å². The van der Waals surface area contributed by atoms with Gasteiger partial charge in [0.2, 0.25) is 5.91 Å². The molecule has 32 heavy (non-hydrogen) atoms. The summed E-state index contributed by atoms with van der Waals surface area (Å²) in [4.78, 5) is 24.0. The summed E-state index contributed by atoms with van der Waals surface area (Å²) in [5.74, 6) is 0.536. The third-order valence-electron chi connectivity index (χ3n) is 4.69. The lowest BCUT2D eigenvalue weighted by atomic mass is 10.1. The quantitative estimate of drug-likeness (QED) is 0.301. The van der Waals surface area contributed by atoms with E-state index in [4.69, 9.17) is 23.2 Å². The molecule has 1 heterocycles. The average Bonchev–Trinajstić information content (AvgIpc) is 3.15. The molecule has 0 aliphatic carbocycles. The summed E-state index contributed by atoms with van der Waals surface area (Å²) >= 11 is 13.6. The minimum atomic E-state index is -0.403. The van der Waals surface area contributed by atoms with Gasteiger partial charge < -0.3 is 15.2 Å². The number of carbonyl (C=O) groups is 2. The Morgan fingerprint density at radius 1 is 1.12 bits per heavy atom. The van der Waals surface area contributed by atoms with Crippen molar-refractivity contribution in [2.45, 2.75) is 44.3 Å². The normalized spacial score (nSPS) is 11.8. The van der Waals surface area contributed by atoms with Crippen LogP contribution in [0.4, 0.5) is 11.4 Å². The number of amides is 1. The van der Waals surface area contributed by atoms with E-state index >= 15 is 0 Å². The first kappa shape index (κ1) is 24.1. The van der Waals surface area contributed by atoms with E-state index in [1.807, 2.05) is 18.4 Å². The Kier molecular flexibility index (Phi) is 8.17. The van der Waals surface area contributed by atoms with E-state index in [1.54, 1.807) is 42.5 Å². The number of hydrogen-bond acceptors (Lipinski definition) is 6. The van der Waals surface area contributed by atoms with Crippen LogP contribution >= 0.6 is 35.0 Å². The summed E-state index contributed by atoms with van der Waals surface area (Å²) in [7, 11) is 0. The topological polar surface area (TPSA) is 88.9 Å². The number of benzene rings is 2. The zero-order valence-electron chi connectivity index (χ0n) is 17.9. The highest BCUT2D eigenvalue weighted by molar-refractivity contribution is 8.00. The molecule has 0 unspecified atom stereocenters. The summed E-state index contributed by atoms with van der Waals surface area (Å²) in [5, 5.41) is 16.0. The van der Waals surface area contributed by atoms with Crippen molar-refractivity contribution in [3.8, 4) is 0 Å². The van der Waals surface area contributed by atoms with Crippen LogP contribution < -0.4 is 10.6 Å². The number of thioether (sulfide) groups is 1. The van der Waals surface area contributed by atoms with Gasteiger partial charge in [0.05, 0.1) is 22.5 Å². The molecule has 1 aromatic heterocycles. The molecule has 0 bridgehead atoms. The van der Waals surface area contributed by atoms with E-state index in [-0.39, 0.29) is 11.7 Å². The van der Waals surface area contributed by atoms with Crippen molar-refractivity contribution < 1.29 is 9.59 Å². The predicted octanol–water partition coefficient (Wildman–Crippen LogP) is 5.54. The van der Waals surface area contributed by atoms with Crippen LogP contribution in [0.2, 0.25) is 10.0 Å². The molecular formula is C22H23Cl2N5O2S. The zero-order valence-corrected chi connectivity index (χ0v) is 20.2. The van der Waals surface area contributed by atoms with E-state index in [9.17, 15) is 9.59 Å². The van der Waals surface area contributed by atoms with Gasteiger partial charge in [0, 0.05) is 22.8 Å². The number of nitrogens with one attached hydrogen (secondary N) is 2. The number of anilines is 2. The van der Waals surface area contributed by atoms with E-state index in [0.717, 1.165) is 5.82 Å². The third-order valence-corrected chi connectivity index (χ3v) is 6.33. The fourth-order valence-electron chi connectivity index (χ4n) is 2.91. The Hall–Kier alpha value is -2.55. The lowest BCUT2D eigenvalue weighted by Gasteiger charge is -2.13. The van der Waals surface area contributed by atoms with Crippen LogP contribution in [0.3, 0.4) is 0 Å². The second-order valence-corrected chi connectivity index (χ2v) is 9.16. The summed E-state index contributed by atoms with van der Waals surface area (Å²) in [5.41, 5.74) is 1.94. The van der Waals surface area contributed by atoms with Gasteiger partial charge in [-0.2, -0.15) is 0 Å². The Morgan fingerprint density at radius 3 is 2.50 bits per heavy atom. The van der Waals surface area contributed by atoms with Crippen molar-refractivity contribution in [1.29, 1.82) is 0 Å². The lowest BCUT2D eigenvalue weighted by molar-refractivity contribution is -0.115. The largest absolute Gasteiger partial charge is 0.376 e. The van der Waals surface area contributed by atoms with E-state index in [0.29, 0.717) is 45.2 Å². The van der Waals surface area contributed by atoms with Gasteiger partial charge in [0.25, 0.3) is 0 Å². The Labute approximate surface area is 200 Å². The molecule has 0 radical (unpaired) electrons. The van der Waals surface area contributed by atoms with Gasteiger partial charge in [0.15, 0.2) is 16.8 Å². The fourth-order valence-corrected chi connectivity index (χ4v) is 4.19. The lowest BCUT2D eigenvalue weighted by Crippen LogP contribution is -2.23. The van der Waals surface area contributed by atoms with Crippen molar-refractivity contribution in [3.05, 3.63) is 63.9 Å². The number of ketones is 1. The molecule has 2 aromatic carbocycles. The van der Waals surface area contributed by atoms with Crippen LogP contribution in [0, 0.1) is 0 Å². The maximum Gasteiger partial charge on any atom is 0.237 e. The van der Waals surface area contributed by atoms with E-state index in [2.05, 4.69) is 20.8 Å². The number of halogens is 2. The van der Waals surface area contributed by atoms with E-state index in [1.165, 1.54) is 18.7 Å². The molecule has 168 valence electrons. The van der Waals surface area contributed by atoms with Crippen LogP contribution in [0.5, 0.6) is 0 Å². The van der Waals surface area contributed by atoms with Gasteiger partial charge in [0.1, 0.15) is 0 Å². The van der Waals surface area contributed by atoms with Gasteiger partial charge in [-0.15, -0.1) is 10.2 Å². The molecule has 0 saturated carbocycles. The molecule has 2 N–H and O–H groups in total. The molecule has 10 heteroatoms. The number of rotatable bonds is 9. The third kappa shape index (κ3) is 6.03. The first-order valence-corrected chi connectivity index (χ1v) is 11.6. The summed E-state index contributed by atoms with van der Waals surface area (Å²) in [6.07, 6.45) is 0. The van der Waals surface area contributed by atoms with Gasteiger partial charge in [-0.3, -0.25) is 9.59 Å². The molecule has 1 atom stereocenters. The Morgan fingerprint density at radius 2 is 1.84 bits per heavy atom. The Balaban J connectivity index is 1.63. The second-order valence-electron chi connectivity index (χ2n) is 7.00. The number of aromatic nitrogens is 3. The molecular weight excluding hydrogens is 469 g/mol. The standard InChI is InChI=1S/C22H23Cl2N5O2S/c1-4-29-20(12-25-19-11-16(23)7-10-18(19)24)27-28-22(29)32-14(3)21(31)26-17-8-5-15(6-9-17)13(2)30/h5-11,14,25H,4,12H2,1-3H3,(H,26,31)/t14-/m1/s1. The van der Waals surface area contributed by atoms with E-state index < -0.39 is 5.25 Å². The maximum absolute atomic E-state index is 12.6. The van der Waals surface area contributed by atoms with Crippen LogP contribution in [-0.2, 0) is 17.9 Å². The van der Waals surface area contributed by atoms with Gasteiger partial charge in [-0.25, -0.2) is 0 Å². The number of Topliss-reactive ketones (excluding diaryl/α,β-unsaturated/α-hetero) is 1. The number of carbonyl (C=O) groups excluding carboxylic acids is 2.